The molecule has 2 aromatic heterocycles. The Balaban J connectivity index is 1.42. The first-order valence-electron chi connectivity index (χ1n) is 7.84. The van der Waals surface area contributed by atoms with Gasteiger partial charge in [0.05, 0.1) is 24.1 Å². The number of nitrogens with zero attached hydrogens (tertiary/aromatic N) is 2. The molecule has 10 heteroatoms. The van der Waals surface area contributed by atoms with Crippen molar-refractivity contribution in [2.24, 2.45) is 0 Å². The SMILES string of the molecule is Cc1occc1-c1nnc(SCC(=O)NCC(=O)Nc2ccc(F)cc2)o1. The van der Waals surface area contributed by atoms with Gasteiger partial charge in [0.2, 0.25) is 11.8 Å². The standard InChI is InChI=1S/C17H15FN4O4S/c1-10-13(6-7-25-10)16-21-22-17(26-16)27-9-15(24)19-8-14(23)20-12-4-2-11(18)3-5-12/h2-7H,8-9H2,1H3,(H,19,24)(H,20,23). The lowest BCUT2D eigenvalue weighted by molar-refractivity contribution is -0.122. The fourth-order valence-corrected chi connectivity index (χ4v) is 2.67. The number of furan rings is 1. The molecular formula is C17H15FN4O4S. The molecule has 0 atom stereocenters. The number of thioether (sulfide) groups is 1. The van der Waals surface area contributed by atoms with Crippen LogP contribution in [0.25, 0.3) is 11.5 Å². The van der Waals surface area contributed by atoms with Gasteiger partial charge in [-0.05, 0) is 37.3 Å². The number of hydrogen-bond acceptors (Lipinski definition) is 7. The van der Waals surface area contributed by atoms with Crippen LogP contribution in [0, 0.1) is 12.7 Å². The minimum Gasteiger partial charge on any atom is -0.469 e. The second-order valence-corrected chi connectivity index (χ2v) is 6.31. The summed E-state index contributed by atoms with van der Waals surface area (Å²) in [5, 5.41) is 13.0. The van der Waals surface area contributed by atoms with Crippen LogP contribution in [0.15, 0.2) is 50.7 Å². The highest BCUT2D eigenvalue weighted by Gasteiger charge is 2.14. The molecule has 0 bridgehead atoms. The Morgan fingerprint density at radius 1 is 1.15 bits per heavy atom. The van der Waals surface area contributed by atoms with Crippen molar-refractivity contribution in [2.45, 2.75) is 12.1 Å². The summed E-state index contributed by atoms with van der Waals surface area (Å²) >= 11 is 1.05. The van der Waals surface area contributed by atoms with E-state index in [4.69, 9.17) is 8.83 Å². The van der Waals surface area contributed by atoms with Gasteiger partial charge >= 0.3 is 0 Å². The van der Waals surface area contributed by atoms with E-state index in [-0.39, 0.29) is 23.4 Å². The summed E-state index contributed by atoms with van der Waals surface area (Å²) in [4.78, 5) is 23.6. The predicted octanol–water partition coefficient (Wildman–Crippen LogP) is 2.62. The van der Waals surface area contributed by atoms with Crippen LogP contribution in [0.2, 0.25) is 0 Å². The van der Waals surface area contributed by atoms with Crippen molar-refractivity contribution in [2.75, 3.05) is 17.6 Å². The highest BCUT2D eigenvalue weighted by Crippen LogP contribution is 2.26. The Hall–Kier alpha value is -3.14. The normalized spacial score (nSPS) is 10.6. The number of amides is 2. The van der Waals surface area contributed by atoms with Gasteiger partial charge in [0.25, 0.3) is 11.1 Å². The van der Waals surface area contributed by atoms with E-state index < -0.39 is 11.7 Å². The molecule has 0 unspecified atom stereocenters. The van der Waals surface area contributed by atoms with Crippen LogP contribution >= 0.6 is 11.8 Å². The molecule has 0 aliphatic heterocycles. The summed E-state index contributed by atoms with van der Waals surface area (Å²) < 4.78 is 23.4. The number of benzene rings is 1. The molecule has 3 rings (SSSR count). The number of carbonyl (C=O) groups excluding carboxylic acids is 2. The van der Waals surface area contributed by atoms with Crippen LogP contribution in [0.1, 0.15) is 5.76 Å². The minimum absolute atomic E-state index is 0.00975. The summed E-state index contributed by atoms with van der Waals surface area (Å²) in [5.41, 5.74) is 1.13. The third-order valence-corrected chi connectivity index (χ3v) is 4.21. The highest BCUT2D eigenvalue weighted by molar-refractivity contribution is 7.99. The van der Waals surface area contributed by atoms with E-state index >= 15 is 0 Å². The molecule has 2 heterocycles. The van der Waals surface area contributed by atoms with Crippen molar-refractivity contribution >= 4 is 29.3 Å². The Kier molecular flexibility index (Phi) is 5.87. The van der Waals surface area contributed by atoms with Crippen molar-refractivity contribution in [3.8, 4) is 11.5 Å². The van der Waals surface area contributed by atoms with E-state index in [9.17, 15) is 14.0 Å². The molecule has 2 N–H and O–H groups in total. The van der Waals surface area contributed by atoms with E-state index in [1.165, 1.54) is 30.5 Å². The monoisotopic (exact) mass is 390 g/mol. The fourth-order valence-electron chi connectivity index (χ4n) is 2.08. The number of rotatable bonds is 7. The lowest BCUT2D eigenvalue weighted by atomic mass is 10.3. The van der Waals surface area contributed by atoms with Crippen LogP contribution < -0.4 is 10.6 Å². The molecule has 2 amide bonds. The average Bonchev–Trinajstić information content (AvgIpc) is 3.28. The number of hydrogen-bond donors (Lipinski definition) is 2. The maximum absolute atomic E-state index is 12.8. The molecule has 1 aromatic carbocycles. The number of aryl methyl sites for hydroxylation is 1. The zero-order valence-electron chi connectivity index (χ0n) is 14.2. The second-order valence-electron chi connectivity index (χ2n) is 5.38. The van der Waals surface area contributed by atoms with Crippen LogP contribution in [-0.4, -0.2) is 34.3 Å². The fraction of sp³-hybridized carbons (Fsp3) is 0.176. The topological polar surface area (TPSA) is 110 Å². The summed E-state index contributed by atoms with van der Waals surface area (Å²) in [7, 11) is 0. The summed E-state index contributed by atoms with van der Waals surface area (Å²) in [5.74, 6) is -0.215. The lowest BCUT2D eigenvalue weighted by Crippen LogP contribution is -2.33. The number of anilines is 1. The second kappa shape index (κ2) is 8.49. The number of halogens is 1. The number of nitrogens with one attached hydrogen (secondary N) is 2. The third kappa shape index (κ3) is 5.17. The van der Waals surface area contributed by atoms with Crippen molar-refractivity contribution in [3.63, 3.8) is 0 Å². The highest BCUT2D eigenvalue weighted by atomic mass is 32.2. The van der Waals surface area contributed by atoms with Crippen molar-refractivity contribution in [1.82, 2.24) is 15.5 Å². The van der Waals surface area contributed by atoms with Crippen LogP contribution in [0.5, 0.6) is 0 Å². The van der Waals surface area contributed by atoms with Crippen LogP contribution in [-0.2, 0) is 9.59 Å². The number of aromatic nitrogens is 2. The van der Waals surface area contributed by atoms with E-state index in [1.54, 1.807) is 13.0 Å². The molecule has 3 aromatic rings. The maximum Gasteiger partial charge on any atom is 0.277 e. The first kappa shape index (κ1) is 18.6. The summed E-state index contributed by atoms with van der Waals surface area (Å²) in [6.07, 6.45) is 1.52. The first-order valence-corrected chi connectivity index (χ1v) is 8.82. The van der Waals surface area contributed by atoms with Gasteiger partial charge in [-0.1, -0.05) is 11.8 Å². The molecule has 0 spiro atoms. The van der Waals surface area contributed by atoms with Gasteiger partial charge in [-0.2, -0.15) is 0 Å². The lowest BCUT2D eigenvalue weighted by Gasteiger charge is -2.06. The van der Waals surface area contributed by atoms with Gasteiger partial charge in [0.15, 0.2) is 0 Å². The molecule has 27 heavy (non-hydrogen) atoms. The molecule has 140 valence electrons. The van der Waals surface area contributed by atoms with E-state index in [0.29, 0.717) is 22.9 Å². The van der Waals surface area contributed by atoms with Crippen LogP contribution in [0.4, 0.5) is 10.1 Å². The van der Waals surface area contributed by atoms with E-state index in [2.05, 4.69) is 20.8 Å². The van der Waals surface area contributed by atoms with Gasteiger partial charge in [-0.15, -0.1) is 10.2 Å². The molecule has 0 saturated heterocycles. The summed E-state index contributed by atoms with van der Waals surface area (Å²) in [6, 6.07) is 7.03. The van der Waals surface area contributed by atoms with Crippen molar-refractivity contribution in [3.05, 3.63) is 48.2 Å². The molecule has 0 fully saturated rings. The maximum atomic E-state index is 12.8. The Labute approximate surface area is 157 Å². The smallest absolute Gasteiger partial charge is 0.277 e. The van der Waals surface area contributed by atoms with Crippen molar-refractivity contribution < 1.29 is 22.8 Å². The van der Waals surface area contributed by atoms with Gasteiger partial charge < -0.3 is 19.5 Å². The Bertz CT molecular complexity index is 939. The molecule has 0 radical (unpaired) electrons. The van der Waals surface area contributed by atoms with Gasteiger partial charge in [0, 0.05) is 5.69 Å². The summed E-state index contributed by atoms with van der Waals surface area (Å²) in [6.45, 7) is 1.57. The van der Waals surface area contributed by atoms with Gasteiger partial charge in [-0.25, -0.2) is 4.39 Å². The minimum atomic E-state index is -0.421. The molecule has 8 nitrogen and oxygen atoms in total. The van der Waals surface area contributed by atoms with Crippen LogP contribution in [0.3, 0.4) is 0 Å². The molecule has 0 aliphatic carbocycles. The zero-order valence-corrected chi connectivity index (χ0v) is 15.0. The quantitative estimate of drug-likeness (QED) is 0.597. The van der Waals surface area contributed by atoms with Gasteiger partial charge in [0.1, 0.15) is 11.6 Å². The molecule has 0 saturated carbocycles. The van der Waals surface area contributed by atoms with E-state index in [1.807, 2.05) is 0 Å². The zero-order chi connectivity index (χ0) is 19.2. The van der Waals surface area contributed by atoms with Gasteiger partial charge in [-0.3, -0.25) is 9.59 Å². The molecular weight excluding hydrogens is 375 g/mol. The Morgan fingerprint density at radius 2 is 1.93 bits per heavy atom. The third-order valence-electron chi connectivity index (χ3n) is 3.40. The predicted molar refractivity (Wildman–Crippen MR) is 95.5 cm³/mol. The number of carbonyl (C=O) groups is 2. The van der Waals surface area contributed by atoms with Crippen molar-refractivity contribution in [1.29, 1.82) is 0 Å². The van der Waals surface area contributed by atoms with E-state index in [0.717, 1.165) is 11.8 Å². The largest absolute Gasteiger partial charge is 0.469 e. The first-order chi connectivity index (χ1) is 13.0. The Morgan fingerprint density at radius 3 is 2.63 bits per heavy atom. The molecule has 0 aliphatic rings. The average molecular weight is 390 g/mol.